The van der Waals surface area contributed by atoms with E-state index in [2.05, 4.69) is 33.2 Å². The summed E-state index contributed by atoms with van der Waals surface area (Å²) in [5.74, 6) is 0.537. The molecule has 1 aliphatic heterocycles. The summed E-state index contributed by atoms with van der Waals surface area (Å²) in [5.41, 5.74) is 7.56. The van der Waals surface area contributed by atoms with Crippen LogP contribution in [0.15, 0.2) is 27.0 Å². The molecule has 0 bridgehead atoms. The normalized spacial score (nSPS) is 17.9. The SMILES string of the molecule is CCCCCCCCCCCCCCCCCCSCC(COP(=O)([O-])OP(=O)([O-])OC[C@H]1O[C@@H](n2ccc(=O)[nH]c2=O)C[C@@H]1N=[N+]=[N-])OC(=O)CCCCCCCCCCCCCCC.[Na+].[Na+]. The molecule has 1 fully saturated rings. The van der Waals surface area contributed by atoms with Crippen molar-refractivity contribution in [3.05, 3.63) is 43.5 Å². The van der Waals surface area contributed by atoms with Crippen LogP contribution in [0.1, 0.15) is 219 Å². The molecule has 17 nitrogen and oxygen atoms in total. The van der Waals surface area contributed by atoms with Crippen LogP contribution in [0, 0.1) is 0 Å². The Bertz CT molecular complexity index is 1700. The molecule has 6 atom stereocenters. The van der Waals surface area contributed by atoms with Gasteiger partial charge in [0.1, 0.15) is 12.3 Å². The monoisotopic (exact) mass is 1040 g/mol. The van der Waals surface area contributed by atoms with Gasteiger partial charge in [-0.05, 0) is 24.1 Å². The number of unbranched alkanes of at least 4 members (excludes halogenated alkanes) is 27. The summed E-state index contributed by atoms with van der Waals surface area (Å²) in [6, 6.07) is 0.0657. The molecule has 0 saturated carbocycles. The minimum Gasteiger partial charge on any atom is -0.756 e. The van der Waals surface area contributed by atoms with Gasteiger partial charge in [0, 0.05) is 35.8 Å². The van der Waals surface area contributed by atoms with E-state index in [1.165, 1.54) is 159 Å². The van der Waals surface area contributed by atoms with E-state index >= 15 is 0 Å². The molecule has 1 aromatic heterocycles. The van der Waals surface area contributed by atoms with E-state index in [9.17, 15) is 33.3 Å². The number of phosphoric acid groups is 2. The van der Waals surface area contributed by atoms with Crippen molar-refractivity contribution in [2.24, 2.45) is 5.11 Å². The molecule has 1 N–H and O–H groups in total. The second-order valence-corrected chi connectivity index (χ2v) is 21.8. The summed E-state index contributed by atoms with van der Waals surface area (Å²) in [6.07, 6.45) is 33.5. The molecular formula is C46H83N5Na2O12P2S. The Morgan fingerprint density at radius 2 is 1.24 bits per heavy atom. The van der Waals surface area contributed by atoms with E-state index in [0.717, 1.165) is 54.9 Å². The van der Waals surface area contributed by atoms with Crippen LogP contribution in [0.5, 0.6) is 0 Å². The summed E-state index contributed by atoms with van der Waals surface area (Å²) in [7, 11) is -11.2. The fraction of sp³-hybridized carbons (Fsp3) is 0.891. The van der Waals surface area contributed by atoms with Gasteiger partial charge in [-0.25, -0.2) is 9.11 Å². The molecule has 1 aliphatic rings. The summed E-state index contributed by atoms with van der Waals surface area (Å²) in [5, 5.41) is 3.57. The zero-order valence-electron chi connectivity index (χ0n) is 42.2. The average Bonchev–Trinajstić information content (AvgIpc) is 3.67. The number of hydrogen-bond donors (Lipinski definition) is 1. The van der Waals surface area contributed by atoms with Crippen molar-refractivity contribution in [1.82, 2.24) is 9.55 Å². The molecule has 0 spiro atoms. The molecule has 0 amide bonds. The van der Waals surface area contributed by atoms with Crippen molar-refractivity contribution >= 4 is 33.4 Å². The molecule has 2 rings (SSSR count). The minimum absolute atomic E-state index is 0. The zero-order valence-corrected chi connectivity index (χ0v) is 48.8. The number of rotatable bonds is 44. The topological polar surface area (TPSA) is 247 Å². The Morgan fingerprint density at radius 1 is 0.779 bits per heavy atom. The predicted octanol–water partition coefficient (Wildman–Crippen LogP) is 5.89. The Labute approximate surface area is 455 Å². The number of aromatic amines is 1. The van der Waals surface area contributed by atoms with E-state index in [-0.39, 0.29) is 77.7 Å². The third kappa shape index (κ3) is 35.2. The molecule has 22 heteroatoms. The van der Waals surface area contributed by atoms with Crippen molar-refractivity contribution in [2.75, 3.05) is 24.7 Å². The van der Waals surface area contributed by atoms with Crippen LogP contribution in [0.25, 0.3) is 10.4 Å². The standard InChI is InChI=1S/C46H85N5O12P2S.2Na/c1-3-5-7-9-11-13-15-17-18-19-21-23-25-27-29-31-35-66-39-40(61-45(53)32-30-28-26-24-22-20-16-14-12-10-8-6-4-2)37-59-64(55,56)63-65(57,58)60-38-42-41(49-50-47)36-44(62-42)51-34-33-43(52)48-46(51)54;;/h33-34,40-42,44H,3-32,35-39H2,1-2H3,(H,55,56)(H,57,58)(H,48,52,54);;/q;2*+1/p-2/t40?,41-,42+,44+;;/m0../s1. The van der Waals surface area contributed by atoms with Gasteiger partial charge in [-0.3, -0.25) is 28.3 Å². The number of carbonyl (C=O) groups excluding carboxylic acids is 1. The molecule has 0 aliphatic carbocycles. The summed E-state index contributed by atoms with van der Waals surface area (Å²) >= 11 is 1.51. The number of esters is 1. The van der Waals surface area contributed by atoms with Crippen molar-refractivity contribution < 1.29 is 106 Å². The average molecular weight is 1040 g/mol. The summed E-state index contributed by atoms with van der Waals surface area (Å²) in [4.78, 5) is 66.8. The van der Waals surface area contributed by atoms with Crippen molar-refractivity contribution in [2.45, 2.75) is 237 Å². The first kappa shape index (κ1) is 68.0. The maximum absolute atomic E-state index is 12.9. The maximum Gasteiger partial charge on any atom is 1.00 e. The first-order valence-electron chi connectivity index (χ1n) is 25.3. The Kier molecular flexibility index (Phi) is 43.5. The van der Waals surface area contributed by atoms with Gasteiger partial charge in [-0.2, -0.15) is 11.8 Å². The van der Waals surface area contributed by atoms with Crippen molar-refractivity contribution in [3.63, 3.8) is 0 Å². The fourth-order valence-electron chi connectivity index (χ4n) is 8.00. The molecule has 1 aromatic rings. The number of thioether (sulfide) groups is 1. The number of aromatic nitrogens is 2. The molecule has 68 heavy (non-hydrogen) atoms. The van der Waals surface area contributed by atoms with Gasteiger partial charge in [-0.1, -0.05) is 192 Å². The van der Waals surface area contributed by atoms with Gasteiger partial charge < -0.3 is 28.3 Å². The maximum atomic E-state index is 12.9. The van der Waals surface area contributed by atoms with Crippen LogP contribution in [-0.4, -0.2) is 58.5 Å². The molecular weight excluding hydrogens is 955 g/mol. The second kappa shape index (κ2) is 43.4. The summed E-state index contributed by atoms with van der Waals surface area (Å²) in [6.45, 7) is 3.00. The first-order valence-corrected chi connectivity index (χ1v) is 29.4. The minimum atomic E-state index is -5.60. The number of nitrogens with zero attached hydrogens (tertiary/aromatic N) is 4. The van der Waals surface area contributed by atoms with Gasteiger partial charge in [0.15, 0.2) is 0 Å². The zero-order chi connectivity index (χ0) is 48.1. The van der Waals surface area contributed by atoms with Crippen LogP contribution in [0.2, 0.25) is 0 Å². The number of carbonyl (C=O) groups is 1. The van der Waals surface area contributed by atoms with E-state index in [0.29, 0.717) is 6.42 Å². The van der Waals surface area contributed by atoms with Crippen LogP contribution in [0.4, 0.5) is 0 Å². The Hall–Kier alpha value is 0.0300. The smallest absolute Gasteiger partial charge is 0.756 e. The van der Waals surface area contributed by atoms with Gasteiger partial charge in [-0.15, -0.1) is 0 Å². The number of H-pyrrole nitrogens is 1. The third-order valence-electron chi connectivity index (χ3n) is 11.8. The van der Waals surface area contributed by atoms with Crippen LogP contribution in [0.3, 0.4) is 0 Å². The molecule has 2 heterocycles. The number of ether oxygens (including phenoxy) is 2. The number of hydrogen-bond acceptors (Lipinski definition) is 14. The largest absolute Gasteiger partial charge is 1.00 e. The summed E-state index contributed by atoms with van der Waals surface area (Å²) < 4.78 is 51.9. The fourth-order valence-corrected chi connectivity index (χ4v) is 11.0. The molecule has 1 saturated heterocycles. The molecule has 0 aromatic carbocycles. The van der Waals surface area contributed by atoms with Crippen LogP contribution in [-0.2, 0) is 36.8 Å². The van der Waals surface area contributed by atoms with Gasteiger partial charge in [0.25, 0.3) is 21.2 Å². The first-order chi connectivity index (χ1) is 31.9. The van der Waals surface area contributed by atoms with E-state index in [1.807, 2.05) is 0 Å². The van der Waals surface area contributed by atoms with Crippen LogP contribution < -0.4 is 80.2 Å². The van der Waals surface area contributed by atoms with Gasteiger partial charge >= 0.3 is 70.8 Å². The van der Waals surface area contributed by atoms with Crippen LogP contribution >= 0.6 is 27.4 Å². The quantitative estimate of drug-likeness (QED) is 0.0153. The number of phosphoric ester groups is 2. The van der Waals surface area contributed by atoms with E-state index in [4.69, 9.17) is 24.1 Å². The van der Waals surface area contributed by atoms with E-state index < -0.39 is 70.6 Å². The van der Waals surface area contributed by atoms with Crippen molar-refractivity contribution in [1.29, 1.82) is 0 Å². The number of azide groups is 1. The molecule has 3 unspecified atom stereocenters. The van der Waals surface area contributed by atoms with Gasteiger partial charge in [0.05, 0.1) is 25.4 Å². The Balaban J connectivity index is 0.0000224. The molecule has 0 radical (unpaired) electrons. The Morgan fingerprint density at radius 3 is 1.71 bits per heavy atom. The number of nitrogens with one attached hydrogen (secondary N) is 1. The third-order valence-corrected chi connectivity index (χ3v) is 15.5. The molecule has 382 valence electrons. The predicted molar refractivity (Wildman–Crippen MR) is 258 cm³/mol. The van der Waals surface area contributed by atoms with Crippen molar-refractivity contribution in [3.8, 4) is 0 Å². The second-order valence-electron chi connectivity index (χ2n) is 17.7. The van der Waals surface area contributed by atoms with E-state index in [1.54, 1.807) is 0 Å². The van der Waals surface area contributed by atoms with Gasteiger partial charge in [0.2, 0.25) is 0 Å².